The van der Waals surface area contributed by atoms with Gasteiger partial charge in [0.05, 0.1) is 12.6 Å². The van der Waals surface area contributed by atoms with Gasteiger partial charge in [-0.05, 0) is 30.3 Å². The lowest BCUT2D eigenvalue weighted by Gasteiger charge is -2.06. The van der Waals surface area contributed by atoms with Crippen molar-refractivity contribution in [3.8, 4) is 5.75 Å². The van der Waals surface area contributed by atoms with Gasteiger partial charge in [-0.1, -0.05) is 18.2 Å². The maximum atomic E-state index is 12.1. The van der Waals surface area contributed by atoms with Crippen molar-refractivity contribution in [2.75, 3.05) is 12.4 Å². The van der Waals surface area contributed by atoms with E-state index in [1.165, 1.54) is 0 Å². The van der Waals surface area contributed by atoms with E-state index in [2.05, 4.69) is 15.3 Å². The Bertz CT molecular complexity index is 795. The number of carbonyl (C=O) groups is 1. The molecule has 2 aromatic carbocycles. The van der Waals surface area contributed by atoms with Crippen LogP contribution >= 0.6 is 24.8 Å². The van der Waals surface area contributed by atoms with Crippen molar-refractivity contribution in [1.29, 1.82) is 0 Å². The van der Waals surface area contributed by atoms with Gasteiger partial charge < -0.3 is 10.1 Å². The number of halogens is 2. The van der Waals surface area contributed by atoms with E-state index >= 15 is 0 Å². The third kappa shape index (κ3) is 4.31. The van der Waals surface area contributed by atoms with Crippen LogP contribution < -0.4 is 10.1 Å². The molecule has 7 heteroatoms. The Morgan fingerprint density at radius 1 is 1.04 bits per heavy atom. The zero-order valence-electron chi connectivity index (χ0n) is 12.2. The summed E-state index contributed by atoms with van der Waals surface area (Å²) >= 11 is 0. The van der Waals surface area contributed by atoms with Gasteiger partial charge in [0.1, 0.15) is 5.75 Å². The molecule has 3 aromatic rings. The van der Waals surface area contributed by atoms with Crippen LogP contribution in [0.15, 0.2) is 54.7 Å². The van der Waals surface area contributed by atoms with Crippen LogP contribution in [0.1, 0.15) is 10.6 Å². The lowest BCUT2D eigenvalue weighted by Crippen LogP contribution is -2.15. The molecular weight excluding hydrogens is 337 g/mol. The molecule has 0 aliphatic rings. The highest BCUT2D eigenvalue weighted by atomic mass is 35.5. The highest BCUT2D eigenvalue weighted by molar-refractivity contribution is 6.02. The largest absolute Gasteiger partial charge is 0.497 e. The van der Waals surface area contributed by atoms with Gasteiger partial charge in [-0.25, -0.2) is 9.97 Å². The van der Waals surface area contributed by atoms with E-state index in [9.17, 15) is 4.79 Å². The van der Waals surface area contributed by atoms with Crippen molar-refractivity contribution in [2.45, 2.75) is 0 Å². The summed E-state index contributed by atoms with van der Waals surface area (Å²) in [4.78, 5) is 20.5. The molecule has 1 N–H and O–H groups in total. The second-order valence-electron chi connectivity index (χ2n) is 4.44. The lowest BCUT2D eigenvalue weighted by molar-refractivity contribution is 0.101. The van der Waals surface area contributed by atoms with Crippen molar-refractivity contribution >= 4 is 47.3 Å². The van der Waals surface area contributed by atoms with Gasteiger partial charge in [-0.15, -0.1) is 24.8 Å². The van der Waals surface area contributed by atoms with Crippen molar-refractivity contribution in [2.24, 2.45) is 0 Å². The summed E-state index contributed by atoms with van der Waals surface area (Å²) < 4.78 is 5.07. The second-order valence-corrected chi connectivity index (χ2v) is 4.44. The number of para-hydroxylation sites is 1. The van der Waals surface area contributed by atoms with Crippen molar-refractivity contribution in [1.82, 2.24) is 9.97 Å². The summed E-state index contributed by atoms with van der Waals surface area (Å²) in [5, 5.41) is 3.66. The van der Waals surface area contributed by atoms with E-state index in [1.54, 1.807) is 37.6 Å². The third-order valence-electron chi connectivity index (χ3n) is 3.04. The van der Waals surface area contributed by atoms with Gasteiger partial charge >= 0.3 is 0 Å². The molecule has 0 aliphatic heterocycles. The zero-order valence-corrected chi connectivity index (χ0v) is 13.9. The van der Waals surface area contributed by atoms with Crippen LogP contribution in [0, 0.1) is 0 Å². The van der Waals surface area contributed by atoms with Crippen molar-refractivity contribution in [3.63, 3.8) is 0 Å². The van der Waals surface area contributed by atoms with Crippen LogP contribution in [0.3, 0.4) is 0 Å². The smallest absolute Gasteiger partial charge is 0.293 e. The molecule has 0 spiro atoms. The second kappa shape index (κ2) is 8.31. The molecular formula is C16H15Cl2N3O2. The Kier molecular flexibility index (Phi) is 6.75. The number of carbonyl (C=O) groups excluding carboxylic acids is 1. The van der Waals surface area contributed by atoms with Gasteiger partial charge in [0.15, 0.2) is 0 Å². The maximum Gasteiger partial charge on any atom is 0.293 e. The quantitative estimate of drug-likeness (QED) is 0.780. The maximum absolute atomic E-state index is 12.1. The van der Waals surface area contributed by atoms with Crippen LogP contribution in [0.5, 0.6) is 5.75 Å². The number of hydrogen-bond donors (Lipinski definition) is 1. The van der Waals surface area contributed by atoms with E-state index in [0.717, 1.165) is 16.7 Å². The first-order valence-electron chi connectivity index (χ1n) is 6.43. The lowest BCUT2D eigenvalue weighted by atomic mass is 10.2. The molecule has 120 valence electrons. The summed E-state index contributed by atoms with van der Waals surface area (Å²) in [5.74, 6) is 0.533. The monoisotopic (exact) mass is 351 g/mol. The molecule has 5 nitrogen and oxygen atoms in total. The van der Waals surface area contributed by atoms with Crippen LogP contribution in [-0.4, -0.2) is 23.0 Å². The number of anilines is 1. The minimum atomic E-state index is -0.342. The van der Waals surface area contributed by atoms with Gasteiger partial charge in [0, 0.05) is 17.3 Å². The van der Waals surface area contributed by atoms with Gasteiger partial charge in [0.25, 0.3) is 5.91 Å². The molecule has 0 saturated carbocycles. The topological polar surface area (TPSA) is 64.1 Å². The fourth-order valence-electron chi connectivity index (χ4n) is 1.94. The Morgan fingerprint density at radius 2 is 1.74 bits per heavy atom. The predicted molar refractivity (Wildman–Crippen MR) is 95.0 cm³/mol. The number of methoxy groups -OCH3 is 1. The fraction of sp³-hybridized carbons (Fsp3) is 0.0625. The Labute approximate surface area is 145 Å². The number of aromatic nitrogens is 2. The predicted octanol–water partition coefficient (Wildman–Crippen LogP) is 3.73. The van der Waals surface area contributed by atoms with E-state index < -0.39 is 0 Å². The van der Waals surface area contributed by atoms with E-state index in [-0.39, 0.29) is 36.5 Å². The van der Waals surface area contributed by atoms with Crippen molar-refractivity contribution < 1.29 is 9.53 Å². The molecule has 0 atom stereocenters. The minimum absolute atomic E-state index is 0. The summed E-state index contributed by atoms with van der Waals surface area (Å²) in [7, 11) is 1.59. The van der Waals surface area contributed by atoms with E-state index in [0.29, 0.717) is 5.69 Å². The van der Waals surface area contributed by atoms with Gasteiger partial charge in [-0.2, -0.15) is 0 Å². The average Bonchev–Trinajstić information content (AvgIpc) is 2.55. The molecule has 0 bridgehead atoms. The van der Waals surface area contributed by atoms with E-state index in [1.807, 2.05) is 24.3 Å². The molecule has 0 aliphatic carbocycles. The average molecular weight is 352 g/mol. The number of benzene rings is 2. The minimum Gasteiger partial charge on any atom is -0.497 e. The number of ether oxygens (including phenoxy) is 1. The molecule has 0 radical (unpaired) electrons. The number of rotatable bonds is 3. The Balaban J connectivity index is 0.00000132. The summed E-state index contributed by atoms with van der Waals surface area (Å²) in [6.45, 7) is 0. The van der Waals surface area contributed by atoms with Crippen LogP contribution in [0.25, 0.3) is 10.9 Å². The van der Waals surface area contributed by atoms with Crippen LogP contribution in [0.2, 0.25) is 0 Å². The SMILES string of the molecule is COc1ccc(NC(=O)c2ncc3ccccc3n2)cc1.Cl.Cl. The first-order valence-corrected chi connectivity index (χ1v) is 6.43. The number of amides is 1. The molecule has 0 saturated heterocycles. The van der Waals surface area contributed by atoms with Gasteiger partial charge in [0.2, 0.25) is 5.82 Å². The molecule has 23 heavy (non-hydrogen) atoms. The zero-order chi connectivity index (χ0) is 14.7. The standard InChI is InChI=1S/C16H13N3O2.2ClH/c1-21-13-8-6-12(7-9-13)18-16(20)15-17-10-11-4-2-3-5-14(11)19-15;;/h2-10H,1H3,(H,18,20);2*1H. The van der Waals surface area contributed by atoms with Gasteiger partial charge in [-0.3, -0.25) is 4.79 Å². The Morgan fingerprint density at radius 3 is 2.43 bits per heavy atom. The van der Waals surface area contributed by atoms with Crippen LogP contribution in [-0.2, 0) is 0 Å². The first kappa shape index (κ1) is 18.7. The number of nitrogens with one attached hydrogen (secondary N) is 1. The Hall–Kier alpha value is -2.37. The van der Waals surface area contributed by atoms with E-state index in [4.69, 9.17) is 4.74 Å². The first-order chi connectivity index (χ1) is 10.3. The third-order valence-corrected chi connectivity index (χ3v) is 3.04. The highest BCUT2D eigenvalue weighted by Gasteiger charge is 2.10. The van der Waals surface area contributed by atoms with Crippen LogP contribution in [0.4, 0.5) is 5.69 Å². The molecule has 0 unspecified atom stereocenters. The molecule has 1 amide bonds. The summed E-state index contributed by atoms with van der Waals surface area (Å²) in [6, 6.07) is 14.6. The molecule has 1 heterocycles. The molecule has 0 fully saturated rings. The normalized spacial score (nSPS) is 9.43. The molecule has 3 rings (SSSR count). The fourth-order valence-corrected chi connectivity index (χ4v) is 1.94. The highest BCUT2D eigenvalue weighted by Crippen LogP contribution is 2.16. The number of hydrogen-bond acceptors (Lipinski definition) is 4. The molecule has 1 aromatic heterocycles. The summed E-state index contributed by atoms with van der Waals surface area (Å²) in [6.07, 6.45) is 1.64. The number of nitrogens with zero attached hydrogens (tertiary/aromatic N) is 2. The number of fused-ring (bicyclic) bond motifs is 1. The van der Waals surface area contributed by atoms with Crippen molar-refractivity contribution in [3.05, 3.63) is 60.6 Å². The summed E-state index contributed by atoms with van der Waals surface area (Å²) in [5.41, 5.74) is 1.41.